The summed E-state index contributed by atoms with van der Waals surface area (Å²) in [6.07, 6.45) is 6.26. The van der Waals surface area contributed by atoms with Gasteiger partial charge in [0, 0.05) is 23.9 Å². The number of hydrogen-bond acceptors (Lipinski definition) is 5. The number of hydrogen-bond donors (Lipinski definition) is 1. The molecule has 0 bridgehead atoms. The number of carbonyl (C=O) groups is 2. The molecular formula is C24H26N2O5. The van der Waals surface area contributed by atoms with Crippen LogP contribution in [0, 0.1) is 0 Å². The molecule has 1 saturated heterocycles. The number of fused-ring (bicyclic) bond motifs is 1. The smallest absolute Gasteiger partial charge is 0.254 e. The van der Waals surface area contributed by atoms with E-state index in [4.69, 9.17) is 14.2 Å². The Morgan fingerprint density at radius 2 is 1.81 bits per heavy atom. The van der Waals surface area contributed by atoms with Crippen molar-refractivity contribution in [2.75, 3.05) is 18.7 Å². The van der Waals surface area contributed by atoms with Gasteiger partial charge in [-0.15, -0.1) is 0 Å². The molecule has 1 atom stereocenters. The van der Waals surface area contributed by atoms with Crippen molar-refractivity contribution in [3.05, 3.63) is 48.0 Å². The lowest BCUT2D eigenvalue weighted by Crippen LogP contribution is -2.43. The normalized spacial score (nSPS) is 20.1. The van der Waals surface area contributed by atoms with Gasteiger partial charge in [0.25, 0.3) is 5.91 Å². The Hall–Kier alpha value is -3.22. The van der Waals surface area contributed by atoms with Crippen LogP contribution in [0.4, 0.5) is 5.69 Å². The van der Waals surface area contributed by atoms with E-state index in [1.165, 1.54) is 12.8 Å². The molecule has 1 unspecified atom stereocenters. The third kappa shape index (κ3) is 4.17. The number of nitrogens with zero attached hydrogens (tertiary/aromatic N) is 1. The summed E-state index contributed by atoms with van der Waals surface area (Å²) in [6, 6.07) is 12.1. The molecule has 7 nitrogen and oxygen atoms in total. The fraction of sp³-hybridized carbons (Fsp3) is 0.417. The first-order valence-corrected chi connectivity index (χ1v) is 11.0. The van der Waals surface area contributed by atoms with E-state index in [0.717, 1.165) is 25.0 Å². The summed E-state index contributed by atoms with van der Waals surface area (Å²) in [7, 11) is 0. The maximum Gasteiger partial charge on any atom is 0.254 e. The van der Waals surface area contributed by atoms with E-state index in [-0.39, 0.29) is 24.7 Å². The zero-order chi connectivity index (χ0) is 21.2. The largest absolute Gasteiger partial charge is 0.490 e. The average molecular weight is 422 g/mol. The van der Waals surface area contributed by atoms with Gasteiger partial charge in [0.2, 0.25) is 12.7 Å². The van der Waals surface area contributed by atoms with Gasteiger partial charge in [0.1, 0.15) is 11.8 Å². The third-order valence-electron chi connectivity index (χ3n) is 6.14. The molecule has 7 heteroatoms. The van der Waals surface area contributed by atoms with Crippen LogP contribution >= 0.6 is 0 Å². The highest BCUT2D eigenvalue weighted by Gasteiger charge is 2.35. The van der Waals surface area contributed by atoms with E-state index in [9.17, 15) is 9.59 Å². The predicted molar refractivity (Wildman–Crippen MR) is 115 cm³/mol. The van der Waals surface area contributed by atoms with E-state index in [2.05, 4.69) is 5.32 Å². The summed E-state index contributed by atoms with van der Waals surface area (Å²) in [5.74, 6) is 1.61. The van der Waals surface area contributed by atoms with Crippen LogP contribution in [0.3, 0.4) is 0 Å². The van der Waals surface area contributed by atoms with Gasteiger partial charge in [-0.2, -0.15) is 0 Å². The van der Waals surface area contributed by atoms with E-state index in [0.29, 0.717) is 35.7 Å². The zero-order valence-electron chi connectivity index (χ0n) is 17.3. The summed E-state index contributed by atoms with van der Waals surface area (Å²) < 4.78 is 16.7. The Balaban J connectivity index is 1.26. The molecule has 1 aliphatic carbocycles. The molecule has 5 rings (SSSR count). The molecule has 2 amide bonds. The summed E-state index contributed by atoms with van der Waals surface area (Å²) in [6.45, 7) is 0.710. The van der Waals surface area contributed by atoms with Crippen LogP contribution in [0.25, 0.3) is 0 Å². The summed E-state index contributed by atoms with van der Waals surface area (Å²) >= 11 is 0. The molecule has 1 saturated carbocycles. The standard InChI is InChI=1S/C24H26N2O5/c27-23(25-17-5-3-8-19(14-17)31-18-6-1-2-7-18)20-9-4-12-26(20)24(28)16-10-11-21-22(13-16)30-15-29-21/h3,5,8,10-11,13-14,18,20H,1-2,4,6-7,9,12,15H2,(H,25,27). The Bertz CT molecular complexity index is 986. The van der Waals surface area contributed by atoms with Gasteiger partial charge >= 0.3 is 0 Å². The molecule has 0 spiro atoms. The topological polar surface area (TPSA) is 77.1 Å². The molecule has 2 fully saturated rings. The lowest BCUT2D eigenvalue weighted by molar-refractivity contribution is -0.119. The van der Waals surface area contributed by atoms with Gasteiger partial charge in [-0.1, -0.05) is 6.07 Å². The van der Waals surface area contributed by atoms with Gasteiger partial charge < -0.3 is 24.4 Å². The van der Waals surface area contributed by atoms with Gasteiger partial charge in [0.15, 0.2) is 11.5 Å². The Morgan fingerprint density at radius 3 is 2.68 bits per heavy atom. The Morgan fingerprint density at radius 1 is 0.968 bits per heavy atom. The second kappa shape index (κ2) is 8.49. The average Bonchev–Trinajstić information content (AvgIpc) is 3.54. The minimum Gasteiger partial charge on any atom is -0.490 e. The van der Waals surface area contributed by atoms with Gasteiger partial charge in [-0.05, 0) is 68.9 Å². The fourth-order valence-electron chi connectivity index (χ4n) is 4.55. The third-order valence-corrected chi connectivity index (χ3v) is 6.14. The molecule has 0 radical (unpaired) electrons. The molecular weight excluding hydrogens is 396 g/mol. The fourth-order valence-corrected chi connectivity index (χ4v) is 4.55. The molecule has 2 aromatic carbocycles. The first-order chi connectivity index (χ1) is 15.2. The minimum absolute atomic E-state index is 0.158. The second-order valence-electron chi connectivity index (χ2n) is 8.27. The van der Waals surface area contributed by atoms with Crippen molar-refractivity contribution in [3.8, 4) is 17.2 Å². The van der Waals surface area contributed by atoms with Crippen molar-refractivity contribution < 1.29 is 23.8 Å². The quantitative estimate of drug-likeness (QED) is 0.789. The highest BCUT2D eigenvalue weighted by atomic mass is 16.7. The number of anilines is 1. The summed E-state index contributed by atoms with van der Waals surface area (Å²) in [5, 5.41) is 2.97. The molecule has 0 aromatic heterocycles. The molecule has 31 heavy (non-hydrogen) atoms. The predicted octanol–water partition coefficient (Wildman–Crippen LogP) is 3.98. The zero-order valence-corrected chi connectivity index (χ0v) is 17.3. The number of benzene rings is 2. The number of likely N-dealkylation sites (tertiary alicyclic amines) is 1. The minimum atomic E-state index is -0.502. The van der Waals surface area contributed by atoms with E-state index in [1.54, 1.807) is 23.1 Å². The SMILES string of the molecule is O=C(Nc1cccc(OC2CCCC2)c1)C1CCCN1C(=O)c1ccc2c(c1)OCO2. The van der Waals surface area contributed by atoms with Crippen molar-refractivity contribution in [2.45, 2.75) is 50.7 Å². The lowest BCUT2D eigenvalue weighted by atomic mass is 10.1. The Labute approximate surface area is 181 Å². The molecule has 2 heterocycles. The van der Waals surface area contributed by atoms with Gasteiger partial charge in [-0.25, -0.2) is 0 Å². The van der Waals surface area contributed by atoms with Crippen LogP contribution in [0.5, 0.6) is 17.2 Å². The van der Waals surface area contributed by atoms with E-state index in [1.807, 2.05) is 24.3 Å². The van der Waals surface area contributed by atoms with Gasteiger partial charge in [-0.3, -0.25) is 9.59 Å². The van der Waals surface area contributed by atoms with Crippen molar-refractivity contribution >= 4 is 17.5 Å². The molecule has 162 valence electrons. The first-order valence-electron chi connectivity index (χ1n) is 11.0. The highest BCUT2D eigenvalue weighted by Crippen LogP contribution is 2.33. The van der Waals surface area contributed by atoms with Crippen LogP contribution < -0.4 is 19.5 Å². The van der Waals surface area contributed by atoms with Crippen molar-refractivity contribution in [3.63, 3.8) is 0 Å². The number of nitrogens with one attached hydrogen (secondary N) is 1. The number of ether oxygens (including phenoxy) is 3. The maximum absolute atomic E-state index is 13.1. The van der Waals surface area contributed by atoms with E-state index >= 15 is 0 Å². The van der Waals surface area contributed by atoms with E-state index < -0.39 is 6.04 Å². The van der Waals surface area contributed by atoms with Crippen LogP contribution in [0.2, 0.25) is 0 Å². The lowest BCUT2D eigenvalue weighted by Gasteiger charge is -2.24. The molecule has 2 aliphatic heterocycles. The number of amides is 2. The summed E-state index contributed by atoms with van der Waals surface area (Å²) in [4.78, 5) is 27.7. The number of carbonyl (C=O) groups excluding carboxylic acids is 2. The summed E-state index contributed by atoms with van der Waals surface area (Å²) in [5.41, 5.74) is 1.18. The van der Waals surface area contributed by atoms with Crippen molar-refractivity contribution in [1.29, 1.82) is 0 Å². The van der Waals surface area contributed by atoms with Gasteiger partial charge in [0.05, 0.1) is 6.10 Å². The van der Waals surface area contributed by atoms with Crippen LogP contribution in [0.1, 0.15) is 48.9 Å². The van der Waals surface area contributed by atoms with Crippen LogP contribution in [0.15, 0.2) is 42.5 Å². The monoisotopic (exact) mass is 422 g/mol. The second-order valence-corrected chi connectivity index (χ2v) is 8.27. The van der Waals surface area contributed by atoms with Crippen molar-refractivity contribution in [1.82, 2.24) is 4.90 Å². The Kier molecular flexibility index (Phi) is 5.40. The maximum atomic E-state index is 13.1. The molecule has 2 aromatic rings. The molecule has 3 aliphatic rings. The van der Waals surface area contributed by atoms with Crippen molar-refractivity contribution in [2.24, 2.45) is 0 Å². The number of rotatable bonds is 5. The highest BCUT2D eigenvalue weighted by molar-refractivity contribution is 6.02. The first kappa shape index (κ1) is 19.7. The van der Waals surface area contributed by atoms with Crippen LogP contribution in [-0.4, -0.2) is 42.2 Å². The van der Waals surface area contributed by atoms with Crippen LogP contribution in [-0.2, 0) is 4.79 Å². The molecule has 1 N–H and O–H groups in total.